The van der Waals surface area contributed by atoms with Crippen molar-refractivity contribution in [1.82, 2.24) is 9.55 Å². The maximum absolute atomic E-state index is 13.7. The van der Waals surface area contributed by atoms with E-state index in [2.05, 4.69) is 61.6 Å². The summed E-state index contributed by atoms with van der Waals surface area (Å²) in [6, 6.07) is 11.6. The Labute approximate surface area is 153 Å². The van der Waals surface area contributed by atoms with Crippen LogP contribution in [-0.4, -0.2) is 9.55 Å². The van der Waals surface area contributed by atoms with Gasteiger partial charge in [-0.1, -0.05) is 26.8 Å². The fourth-order valence-corrected chi connectivity index (χ4v) is 4.25. The first-order chi connectivity index (χ1) is 12.5. The lowest BCUT2D eigenvalue weighted by Gasteiger charge is -2.15. The predicted octanol–water partition coefficient (Wildman–Crippen LogP) is 6.50. The molecule has 0 aliphatic heterocycles. The normalized spacial score (nSPS) is 13.2. The van der Waals surface area contributed by atoms with E-state index in [1.165, 1.54) is 28.1 Å². The number of halogens is 1. The van der Waals surface area contributed by atoms with Gasteiger partial charge in [-0.3, -0.25) is 0 Å². The molecule has 4 rings (SSSR count). The van der Waals surface area contributed by atoms with Crippen molar-refractivity contribution in [2.24, 2.45) is 0 Å². The first-order valence-electron chi connectivity index (χ1n) is 9.30. The van der Waals surface area contributed by atoms with Crippen LogP contribution >= 0.6 is 0 Å². The van der Waals surface area contributed by atoms with E-state index in [-0.39, 0.29) is 11.7 Å². The van der Waals surface area contributed by atoms with Crippen molar-refractivity contribution in [3.8, 4) is 0 Å². The average molecular weight is 348 g/mol. The maximum atomic E-state index is 13.7. The van der Waals surface area contributed by atoms with Gasteiger partial charge in [0.2, 0.25) is 0 Å². The molecule has 0 radical (unpaired) electrons. The second-order valence-corrected chi connectivity index (χ2v) is 7.69. The maximum Gasteiger partial charge on any atom is 0.123 e. The minimum atomic E-state index is -0.186. The highest BCUT2D eigenvalue weighted by Crippen LogP contribution is 2.32. The lowest BCUT2D eigenvalue weighted by molar-refractivity contribution is 0.615. The first kappa shape index (κ1) is 16.9. The highest BCUT2D eigenvalue weighted by molar-refractivity contribution is 5.86. The van der Waals surface area contributed by atoms with Crippen molar-refractivity contribution in [2.75, 3.05) is 0 Å². The summed E-state index contributed by atoms with van der Waals surface area (Å²) in [5, 5.41) is 2.32. The largest absolute Gasteiger partial charge is 0.361 e. The number of aromatic nitrogens is 2. The van der Waals surface area contributed by atoms with Crippen LogP contribution in [0.5, 0.6) is 0 Å². The van der Waals surface area contributed by atoms with Gasteiger partial charge in [0.25, 0.3) is 0 Å². The molecule has 0 saturated carbocycles. The Hall–Kier alpha value is -2.55. The molecule has 0 aliphatic carbocycles. The van der Waals surface area contributed by atoms with E-state index >= 15 is 0 Å². The van der Waals surface area contributed by atoms with Crippen molar-refractivity contribution >= 4 is 21.8 Å². The number of nitrogens with zero attached hydrogens (tertiary/aromatic N) is 1. The van der Waals surface area contributed by atoms with Gasteiger partial charge in [0, 0.05) is 46.7 Å². The highest BCUT2D eigenvalue weighted by atomic mass is 19.1. The third kappa shape index (κ3) is 2.72. The van der Waals surface area contributed by atoms with Crippen LogP contribution in [0.4, 0.5) is 4.39 Å². The van der Waals surface area contributed by atoms with E-state index in [9.17, 15) is 4.39 Å². The summed E-state index contributed by atoms with van der Waals surface area (Å²) in [5.74, 6) is 0.600. The van der Waals surface area contributed by atoms with Crippen molar-refractivity contribution in [3.05, 3.63) is 71.3 Å². The van der Waals surface area contributed by atoms with Gasteiger partial charge in [-0.05, 0) is 59.9 Å². The highest BCUT2D eigenvalue weighted by Gasteiger charge is 2.16. The van der Waals surface area contributed by atoms with Gasteiger partial charge < -0.3 is 9.55 Å². The summed E-state index contributed by atoms with van der Waals surface area (Å²) in [7, 11) is 0. The second kappa shape index (κ2) is 6.31. The molecule has 0 amide bonds. The van der Waals surface area contributed by atoms with Crippen molar-refractivity contribution in [3.63, 3.8) is 0 Å². The fourth-order valence-electron chi connectivity index (χ4n) is 4.25. The van der Waals surface area contributed by atoms with Gasteiger partial charge >= 0.3 is 0 Å². The fraction of sp³-hybridized carbons (Fsp3) is 0.304. The van der Waals surface area contributed by atoms with Crippen LogP contribution in [0.2, 0.25) is 0 Å². The van der Waals surface area contributed by atoms with Crippen LogP contribution < -0.4 is 0 Å². The molecule has 26 heavy (non-hydrogen) atoms. The molecule has 1 atom stereocenters. The average Bonchev–Trinajstić information content (AvgIpc) is 3.18. The topological polar surface area (TPSA) is 20.7 Å². The SMILES string of the molecule is Cc1ccc2c(ccn2CC(C)c2c[nH]c3ccc(F)cc23)c1C(C)C. The summed E-state index contributed by atoms with van der Waals surface area (Å²) in [5.41, 5.74) is 6.21. The Morgan fingerprint density at radius 2 is 1.85 bits per heavy atom. The number of nitrogens with one attached hydrogen (secondary N) is 1. The molecular weight excluding hydrogens is 323 g/mol. The molecule has 0 aliphatic rings. The van der Waals surface area contributed by atoms with Gasteiger partial charge in [0.1, 0.15) is 5.82 Å². The Bertz CT molecular complexity index is 1080. The van der Waals surface area contributed by atoms with Crippen LogP contribution in [0, 0.1) is 12.7 Å². The summed E-state index contributed by atoms with van der Waals surface area (Å²) in [6.45, 7) is 9.77. The Kier molecular flexibility index (Phi) is 4.10. The summed E-state index contributed by atoms with van der Waals surface area (Å²) in [4.78, 5) is 3.27. The van der Waals surface area contributed by atoms with Crippen molar-refractivity contribution in [2.45, 2.75) is 46.1 Å². The van der Waals surface area contributed by atoms with Gasteiger partial charge in [0.15, 0.2) is 0 Å². The number of benzene rings is 2. The van der Waals surface area contributed by atoms with Crippen molar-refractivity contribution < 1.29 is 4.39 Å². The molecule has 0 saturated heterocycles. The molecule has 2 aromatic carbocycles. The van der Waals surface area contributed by atoms with E-state index in [4.69, 9.17) is 0 Å². The lowest BCUT2D eigenvalue weighted by atomic mass is 9.94. The number of hydrogen-bond donors (Lipinski definition) is 1. The molecule has 4 aromatic rings. The third-order valence-corrected chi connectivity index (χ3v) is 5.47. The molecule has 0 spiro atoms. The Morgan fingerprint density at radius 3 is 2.62 bits per heavy atom. The van der Waals surface area contributed by atoms with Crippen LogP contribution in [0.3, 0.4) is 0 Å². The zero-order valence-corrected chi connectivity index (χ0v) is 15.8. The van der Waals surface area contributed by atoms with Crippen LogP contribution in [0.1, 0.15) is 49.3 Å². The standard InChI is InChI=1S/C23H25FN2/c1-14(2)23-15(3)5-8-22-18(23)9-10-26(22)13-16(4)20-12-25-21-7-6-17(24)11-19(20)21/h5-12,14,16,25H,13H2,1-4H3. The van der Waals surface area contributed by atoms with E-state index in [1.54, 1.807) is 6.07 Å². The summed E-state index contributed by atoms with van der Waals surface area (Å²) >= 11 is 0. The van der Waals surface area contributed by atoms with Crippen LogP contribution in [0.25, 0.3) is 21.8 Å². The number of aryl methyl sites for hydroxylation is 1. The quantitative estimate of drug-likeness (QED) is 0.435. The zero-order valence-electron chi connectivity index (χ0n) is 15.8. The molecule has 0 bridgehead atoms. The zero-order chi connectivity index (χ0) is 18.4. The predicted molar refractivity (Wildman–Crippen MR) is 107 cm³/mol. The molecule has 1 N–H and O–H groups in total. The van der Waals surface area contributed by atoms with E-state index in [0.29, 0.717) is 5.92 Å². The molecule has 134 valence electrons. The number of fused-ring (bicyclic) bond motifs is 2. The minimum Gasteiger partial charge on any atom is -0.361 e. The van der Waals surface area contributed by atoms with Gasteiger partial charge in [-0.25, -0.2) is 4.39 Å². The molecule has 2 heterocycles. The Morgan fingerprint density at radius 1 is 1.04 bits per heavy atom. The summed E-state index contributed by atoms with van der Waals surface area (Å²) in [6.07, 6.45) is 4.20. The minimum absolute atomic E-state index is 0.186. The van der Waals surface area contributed by atoms with E-state index < -0.39 is 0 Å². The van der Waals surface area contributed by atoms with E-state index in [0.717, 1.165) is 23.0 Å². The third-order valence-electron chi connectivity index (χ3n) is 5.47. The lowest BCUT2D eigenvalue weighted by Crippen LogP contribution is -2.05. The Balaban J connectivity index is 1.73. The van der Waals surface area contributed by atoms with E-state index in [1.807, 2.05) is 12.3 Å². The first-order valence-corrected chi connectivity index (χ1v) is 9.30. The monoisotopic (exact) mass is 348 g/mol. The molecule has 3 heteroatoms. The number of rotatable bonds is 4. The van der Waals surface area contributed by atoms with Crippen LogP contribution in [0.15, 0.2) is 48.8 Å². The van der Waals surface area contributed by atoms with Gasteiger partial charge in [0.05, 0.1) is 0 Å². The number of aromatic amines is 1. The number of H-pyrrole nitrogens is 1. The number of hydrogen-bond acceptors (Lipinski definition) is 0. The molecule has 0 fully saturated rings. The van der Waals surface area contributed by atoms with Crippen molar-refractivity contribution in [1.29, 1.82) is 0 Å². The molecular formula is C23H25FN2. The van der Waals surface area contributed by atoms with Gasteiger partial charge in [-0.15, -0.1) is 0 Å². The second-order valence-electron chi connectivity index (χ2n) is 7.69. The smallest absolute Gasteiger partial charge is 0.123 e. The van der Waals surface area contributed by atoms with Crippen LogP contribution in [-0.2, 0) is 6.54 Å². The van der Waals surface area contributed by atoms with Gasteiger partial charge in [-0.2, -0.15) is 0 Å². The molecule has 2 aromatic heterocycles. The molecule has 2 nitrogen and oxygen atoms in total. The summed E-state index contributed by atoms with van der Waals surface area (Å²) < 4.78 is 16.0. The molecule has 1 unspecified atom stereocenters.